The molecule has 0 unspecified atom stereocenters. The van der Waals surface area contributed by atoms with Gasteiger partial charge in [-0.05, 0) is 60.5 Å². The molecule has 1 heterocycles. The monoisotopic (exact) mass is 478 g/mol. The Morgan fingerprint density at radius 2 is 1.62 bits per heavy atom. The van der Waals surface area contributed by atoms with Gasteiger partial charge < -0.3 is 15.1 Å². The van der Waals surface area contributed by atoms with Crippen LogP contribution in [0.4, 0.5) is 4.39 Å². The van der Waals surface area contributed by atoms with Gasteiger partial charge in [0.15, 0.2) is 9.84 Å². The molecule has 0 aliphatic rings. The molecule has 7 nitrogen and oxygen atoms in total. The minimum absolute atomic E-state index is 0.00120. The summed E-state index contributed by atoms with van der Waals surface area (Å²) in [6, 6.07) is 14.4. The van der Waals surface area contributed by atoms with Gasteiger partial charge in [-0.25, -0.2) is 12.8 Å². The smallest absolute Gasteiger partial charge is 0.309 e. The lowest BCUT2D eigenvalue weighted by molar-refractivity contribution is -0.139. The summed E-state index contributed by atoms with van der Waals surface area (Å²) in [5.41, 5.74) is 0.791. The van der Waals surface area contributed by atoms with Crippen LogP contribution in [0.1, 0.15) is 16.6 Å². The van der Waals surface area contributed by atoms with Gasteiger partial charge in [-0.2, -0.15) is 0 Å². The second-order valence-corrected chi connectivity index (χ2v) is 9.41. The maximum absolute atomic E-state index is 13.1. The average Bonchev–Trinajstić information content (AvgIpc) is 3.29. The van der Waals surface area contributed by atoms with Crippen molar-refractivity contribution in [1.82, 2.24) is 10.6 Å². The molecule has 1 atom stereocenters. The number of hydrogen-bond acceptors (Lipinski definition) is 5. The minimum Gasteiger partial charge on any atom is -0.468 e. The highest BCUT2D eigenvalue weighted by molar-refractivity contribution is 7.91. The average molecular weight is 479 g/mol. The fourth-order valence-electron chi connectivity index (χ4n) is 2.94. The molecule has 3 rings (SSSR count). The summed E-state index contributed by atoms with van der Waals surface area (Å²) in [5.74, 6) is -2.13. The highest BCUT2D eigenvalue weighted by atomic mass is 35.5. The molecular formula is C22H20ClFN2O5S. The Morgan fingerprint density at radius 1 is 0.969 bits per heavy atom. The van der Waals surface area contributed by atoms with Crippen LogP contribution in [0.15, 0.2) is 76.2 Å². The molecule has 2 amide bonds. The number of hydrogen-bond donors (Lipinski definition) is 2. The standard InChI is InChI=1S/C22H20ClFN2O5S/c23-16-5-9-18(10-6-16)32(29,30)20(19-2-1-13-31-19)14-26-22(28)21(27)25-12-11-15-3-7-17(24)8-4-15/h1-10,13,20H,11-12,14H2,(H,25,27)(H,26,28)/t20-/m1/s1. The van der Waals surface area contributed by atoms with E-state index in [2.05, 4.69) is 10.6 Å². The van der Waals surface area contributed by atoms with E-state index in [0.29, 0.717) is 11.4 Å². The topological polar surface area (TPSA) is 105 Å². The molecule has 0 spiro atoms. The van der Waals surface area contributed by atoms with Crippen molar-refractivity contribution in [2.75, 3.05) is 13.1 Å². The first-order chi connectivity index (χ1) is 15.3. The summed E-state index contributed by atoms with van der Waals surface area (Å²) in [6.07, 6.45) is 1.73. The van der Waals surface area contributed by atoms with Gasteiger partial charge in [0.1, 0.15) is 16.8 Å². The van der Waals surface area contributed by atoms with Crippen LogP contribution in [0.25, 0.3) is 0 Å². The number of sulfone groups is 1. The zero-order valence-electron chi connectivity index (χ0n) is 16.8. The first kappa shape index (κ1) is 23.5. The van der Waals surface area contributed by atoms with Crippen LogP contribution in [-0.4, -0.2) is 33.3 Å². The zero-order valence-corrected chi connectivity index (χ0v) is 18.3. The van der Waals surface area contributed by atoms with Gasteiger partial charge in [0.2, 0.25) is 0 Å². The quantitative estimate of drug-likeness (QED) is 0.484. The molecule has 0 aliphatic heterocycles. The van der Waals surface area contributed by atoms with Gasteiger partial charge in [0, 0.05) is 18.1 Å². The van der Waals surface area contributed by atoms with Crippen molar-refractivity contribution >= 4 is 33.3 Å². The Bertz CT molecular complexity index is 1160. The van der Waals surface area contributed by atoms with Gasteiger partial charge in [-0.3, -0.25) is 9.59 Å². The Kier molecular flexibility index (Phi) is 7.66. The van der Waals surface area contributed by atoms with E-state index >= 15 is 0 Å². The van der Waals surface area contributed by atoms with Crippen LogP contribution in [-0.2, 0) is 25.8 Å². The highest BCUT2D eigenvalue weighted by Crippen LogP contribution is 2.29. The lowest BCUT2D eigenvalue weighted by Gasteiger charge is -2.16. The third-order valence-electron chi connectivity index (χ3n) is 4.64. The van der Waals surface area contributed by atoms with Crippen molar-refractivity contribution in [1.29, 1.82) is 0 Å². The Hall–Kier alpha value is -3.17. The maximum atomic E-state index is 13.1. The van der Waals surface area contributed by atoms with E-state index in [9.17, 15) is 22.4 Å². The highest BCUT2D eigenvalue weighted by Gasteiger charge is 2.32. The summed E-state index contributed by atoms with van der Waals surface area (Å²) in [5, 5.41) is 3.93. The molecule has 0 bridgehead atoms. The molecule has 0 saturated carbocycles. The van der Waals surface area contributed by atoms with Crippen LogP contribution in [0.2, 0.25) is 5.02 Å². The van der Waals surface area contributed by atoms with E-state index in [4.69, 9.17) is 16.0 Å². The summed E-state index contributed by atoms with van der Waals surface area (Å²) < 4.78 is 44.4. The molecule has 2 N–H and O–H groups in total. The predicted molar refractivity (Wildman–Crippen MR) is 116 cm³/mol. The number of benzene rings is 2. The molecule has 0 saturated heterocycles. The van der Waals surface area contributed by atoms with Crippen molar-refractivity contribution in [3.8, 4) is 0 Å². The van der Waals surface area contributed by atoms with E-state index < -0.39 is 26.9 Å². The summed E-state index contributed by atoms with van der Waals surface area (Å²) >= 11 is 5.83. The molecule has 32 heavy (non-hydrogen) atoms. The maximum Gasteiger partial charge on any atom is 0.309 e. The first-order valence-corrected chi connectivity index (χ1v) is 11.5. The van der Waals surface area contributed by atoms with E-state index in [0.717, 1.165) is 5.56 Å². The third-order valence-corrected chi connectivity index (χ3v) is 6.97. The van der Waals surface area contributed by atoms with Crippen LogP contribution >= 0.6 is 11.6 Å². The minimum atomic E-state index is -3.95. The first-order valence-electron chi connectivity index (χ1n) is 9.60. The number of carbonyl (C=O) groups excluding carboxylic acids is 2. The van der Waals surface area contributed by atoms with E-state index in [1.165, 1.54) is 54.8 Å². The molecule has 168 valence electrons. The molecule has 10 heteroatoms. The Balaban J connectivity index is 1.61. The number of carbonyl (C=O) groups is 2. The van der Waals surface area contributed by atoms with Crippen molar-refractivity contribution in [3.63, 3.8) is 0 Å². The molecule has 0 fully saturated rings. The molecular weight excluding hydrogens is 459 g/mol. The molecule has 0 radical (unpaired) electrons. The van der Waals surface area contributed by atoms with E-state index in [1.807, 2.05) is 0 Å². The lowest BCUT2D eigenvalue weighted by atomic mass is 10.1. The van der Waals surface area contributed by atoms with E-state index in [1.54, 1.807) is 12.1 Å². The van der Waals surface area contributed by atoms with Crippen molar-refractivity contribution in [3.05, 3.63) is 89.1 Å². The number of amides is 2. The fraction of sp³-hybridized carbons (Fsp3) is 0.182. The molecule has 2 aromatic carbocycles. The SMILES string of the molecule is O=C(NCCc1ccc(F)cc1)C(=O)NC[C@H](c1ccco1)S(=O)(=O)c1ccc(Cl)cc1. The number of nitrogens with one attached hydrogen (secondary N) is 2. The normalized spacial score (nSPS) is 12.2. The van der Waals surface area contributed by atoms with Crippen LogP contribution in [0, 0.1) is 5.82 Å². The van der Waals surface area contributed by atoms with Gasteiger partial charge in [0.25, 0.3) is 0 Å². The lowest BCUT2D eigenvalue weighted by Crippen LogP contribution is -2.42. The number of furan rings is 1. The van der Waals surface area contributed by atoms with Gasteiger partial charge in [0.05, 0.1) is 11.2 Å². The Labute approximate surface area is 189 Å². The number of rotatable bonds is 8. The van der Waals surface area contributed by atoms with Crippen molar-refractivity contribution < 1.29 is 26.8 Å². The predicted octanol–water partition coefficient (Wildman–Crippen LogP) is 3.06. The molecule has 1 aromatic heterocycles. The van der Waals surface area contributed by atoms with Gasteiger partial charge >= 0.3 is 11.8 Å². The Morgan fingerprint density at radius 3 is 2.25 bits per heavy atom. The molecule has 3 aromatic rings. The summed E-state index contributed by atoms with van der Waals surface area (Å²) in [6.45, 7) is -0.217. The summed E-state index contributed by atoms with van der Waals surface area (Å²) in [4.78, 5) is 24.3. The molecule has 0 aliphatic carbocycles. The fourth-order valence-corrected chi connectivity index (χ4v) is 4.66. The van der Waals surface area contributed by atoms with Crippen LogP contribution < -0.4 is 10.6 Å². The van der Waals surface area contributed by atoms with E-state index in [-0.39, 0.29) is 29.6 Å². The third kappa shape index (κ3) is 5.95. The number of halogens is 2. The second-order valence-electron chi connectivity index (χ2n) is 6.85. The zero-order chi connectivity index (χ0) is 23.1. The van der Waals surface area contributed by atoms with Gasteiger partial charge in [-0.15, -0.1) is 0 Å². The van der Waals surface area contributed by atoms with Crippen molar-refractivity contribution in [2.24, 2.45) is 0 Å². The summed E-state index contributed by atoms with van der Waals surface area (Å²) in [7, 11) is -3.95. The largest absolute Gasteiger partial charge is 0.468 e. The van der Waals surface area contributed by atoms with Crippen molar-refractivity contribution in [2.45, 2.75) is 16.6 Å². The van der Waals surface area contributed by atoms with Crippen LogP contribution in [0.5, 0.6) is 0 Å². The second kappa shape index (κ2) is 10.4. The van der Waals surface area contributed by atoms with Crippen LogP contribution in [0.3, 0.4) is 0 Å². The van der Waals surface area contributed by atoms with Gasteiger partial charge in [-0.1, -0.05) is 23.7 Å².